The Labute approximate surface area is 135 Å². The zero-order valence-corrected chi connectivity index (χ0v) is 15.2. The normalized spacial score (nSPS) is 14.3. The third-order valence-corrected chi connectivity index (χ3v) is 4.71. The molecular formula is C18H34O4. The van der Waals surface area contributed by atoms with Crippen LogP contribution in [0.4, 0.5) is 0 Å². The Morgan fingerprint density at radius 1 is 0.955 bits per heavy atom. The quantitative estimate of drug-likeness (QED) is 0.320. The summed E-state index contributed by atoms with van der Waals surface area (Å²) in [6.45, 7) is 12.1. The molecule has 2 atom stereocenters. The Kier molecular flexibility index (Phi) is 10.1. The first-order valence-electron chi connectivity index (χ1n) is 8.77. The highest BCUT2D eigenvalue weighted by atomic mass is 16.6. The Morgan fingerprint density at radius 3 is 2.00 bits per heavy atom. The molecule has 4 heteroatoms. The fraction of sp³-hybridized carbons (Fsp3) is 0.889. The van der Waals surface area contributed by atoms with E-state index in [2.05, 4.69) is 13.8 Å². The first-order chi connectivity index (χ1) is 10.4. The molecular weight excluding hydrogens is 280 g/mol. The van der Waals surface area contributed by atoms with Crippen LogP contribution in [0.2, 0.25) is 0 Å². The van der Waals surface area contributed by atoms with Gasteiger partial charge in [-0.15, -0.1) is 0 Å². The second-order valence-electron chi connectivity index (χ2n) is 6.13. The van der Waals surface area contributed by atoms with E-state index in [1.54, 1.807) is 0 Å². The highest BCUT2D eigenvalue weighted by Gasteiger charge is 2.46. The number of carbonyl (C=O) groups excluding carboxylic acids is 2. The fourth-order valence-electron chi connectivity index (χ4n) is 2.30. The number of carbonyl (C=O) groups is 2. The second-order valence-corrected chi connectivity index (χ2v) is 6.13. The van der Waals surface area contributed by atoms with Gasteiger partial charge in [0.15, 0.2) is 5.41 Å². The van der Waals surface area contributed by atoms with E-state index in [1.807, 2.05) is 27.7 Å². The van der Waals surface area contributed by atoms with Crippen molar-refractivity contribution in [2.45, 2.75) is 86.2 Å². The van der Waals surface area contributed by atoms with Crippen LogP contribution >= 0.6 is 0 Å². The van der Waals surface area contributed by atoms with Gasteiger partial charge in [-0.25, -0.2) is 0 Å². The lowest BCUT2D eigenvalue weighted by atomic mass is 9.82. The smallest absolute Gasteiger partial charge is 0.323 e. The minimum absolute atomic E-state index is 0.192. The number of ether oxygens (including phenoxy) is 2. The summed E-state index contributed by atoms with van der Waals surface area (Å²) in [5, 5.41) is 0. The largest absolute Gasteiger partial charge is 0.465 e. The molecule has 0 bridgehead atoms. The van der Waals surface area contributed by atoms with Crippen LogP contribution in [0.1, 0.15) is 80.1 Å². The van der Waals surface area contributed by atoms with Crippen LogP contribution < -0.4 is 0 Å². The van der Waals surface area contributed by atoms with E-state index in [-0.39, 0.29) is 12.0 Å². The SMILES string of the molecule is CCCCCOC(=O)C(CC)(CC)C(=O)OC(C)C(C)CC. The van der Waals surface area contributed by atoms with Crippen molar-refractivity contribution in [1.82, 2.24) is 0 Å². The summed E-state index contributed by atoms with van der Waals surface area (Å²) < 4.78 is 10.9. The second kappa shape index (κ2) is 10.6. The highest BCUT2D eigenvalue weighted by Crippen LogP contribution is 2.31. The standard InChI is InChI=1S/C18H34O4/c1-7-11-12-13-21-16(19)18(9-3,10-4)17(20)22-15(6)14(5)8-2/h14-15H,7-13H2,1-6H3. The van der Waals surface area contributed by atoms with Crippen molar-refractivity contribution in [2.24, 2.45) is 11.3 Å². The van der Waals surface area contributed by atoms with E-state index in [0.717, 1.165) is 25.7 Å². The Hall–Kier alpha value is -1.06. The molecule has 0 saturated heterocycles. The number of hydrogen-bond donors (Lipinski definition) is 0. The van der Waals surface area contributed by atoms with Gasteiger partial charge in [0, 0.05) is 0 Å². The predicted molar refractivity (Wildman–Crippen MR) is 88.5 cm³/mol. The van der Waals surface area contributed by atoms with Gasteiger partial charge in [-0.2, -0.15) is 0 Å². The molecule has 0 spiro atoms. The van der Waals surface area contributed by atoms with Crippen molar-refractivity contribution in [3.8, 4) is 0 Å². The molecule has 0 heterocycles. The van der Waals surface area contributed by atoms with Crippen LogP contribution in [0.3, 0.4) is 0 Å². The van der Waals surface area contributed by atoms with Gasteiger partial charge in [0.25, 0.3) is 0 Å². The van der Waals surface area contributed by atoms with E-state index < -0.39 is 17.4 Å². The molecule has 0 N–H and O–H groups in total. The maximum Gasteiger partial charge on any atom is 0.323 e. The highest BCUT2D eigenvalue weighted by molar-refractivity contribution is 6.00. The van der Waals surface area contributed by atoms with Gasteiger partial charge < -0.3 is 9.47 Å². The first kappa shape index (κ1) is 20.9. The molecule has 0 rings (SSSR count). The summed E-state index contributed by atoms with van der Waals surface area (Å²) in [7, 11) is 0. The average molecular weight is 314 g/mol. The maximum atomic E-state index is 12.6. The van der Waals surface area contributed by atoms with Gasteiger partial charge in [0.1, 0.15) is 6.10 Å². The molecule has 0 aliphatic carbocycles. The minimum Gasteiger partial charge on any atom is -0.465 e. The van der Waals surface area contributed by atoms with Crippen LogP contribution in [0, 0.1) is 11.3 Å². The molecule has 22 heavy (non-hydrogen) atoms. The van der Waals surface area contributed by atoms with E-state index in [1.165, 1.54) is 0 Å². The lowest BCUT2D eigenvalue weighted by Crippen LogP contribution is -2.43. The lowest BCUT2D eigenvalue weighted by Gasteiger charge is -2.30. The van der Waals surface area contributed by atoms with Crippen LogP contribution in [-0.2, 0) is 19.1 Å². The summed E-state index contributed by atoms with van der Waals surface area (Å²) >= 11 is 0. The van der Waals surface area contributed by atoms with E-state index in [0.29, 0.717) is 19.4 Å². The molecule has 0 amide bonds. The first-order valence-corrected chi connectivity index (χ1v) is 8.77. The summed E-state index contributed by atoms with van der Waals surface area (Å²) in [6, 6.07) is 0. The Morgan fingerprint density at radius 2 is 1.55 bits per heavy atom. The average Bonchev–Trinajstić information content (AvgIpc) is 2.52. The van der Waals surface area contributed by atoms with Gasteiger partial charge in [-0.05, 0) is 32.1 Å². The van der Waals surface area contributed by atoms with Gasteiger partial charge in [-0.1, -0.05) is 53.9 Å². The van der Waals surface area contributed by atoms with E-state index in [9.17, 15) is 9.59 Å². The summed E-state index contributed by atoms with van der Waals surface area (Å²) in [6.07, 6.45) is 4.48. The van der Waals surface area contributed by atoms with Crippen LogP contribution in [0.15, 0.2) is 0 Å². The zero-order valence-electron chi connectivity index (χ0n) is 15.2. The third-order valence-electron chi connectivity index (χ3n) is 4.71. The van der Waals surface area contributed by atoms with Gasteiger partial charge in [0.05, 0.1) is 6.61 Å². The molecule has 2 unspecified atom stereocenters. The van der Waals surface area contributed by atoms with Crippen molar-refractivity contribution >= 4 is 11.9 Å². The van der Waals surface area contributed by atoms with Crippen molar-refractivity contribution in [2.75, 3.05) is 6.61 Å². The monoisotopic (exact) mass is 314 g/mol. The molecule has 0 radical (unpaired) electrons. The summed E-state index contributed by atoms with van der Waals surface area (Å²) in [5.41, 5.74) is -1.16. The van der Waals surface area contributed by atoms with Crippen molar-refractivity contribution in [3.05, 3.63) is 0 Å². The van der Waals surface area contributed by atoms with Gasteiger partial charge in [-0.3, -0.25) is 9.59 Å². The van der Waals surface area contributed by atoms with E-state index in [4.69, 9.17) is 9.47 Å². The van der Waals surface area contributed by atoms with Crippen LogP contribution in [0.5, 0.6) is 0 Å². The topological polar surface area (TPSA) is 52.6 Å². The van der Waals surface area contributed by atoms with Crippen molar-refractivity contribution < 1.29 is 19.1 Å². The molecule has 0 aliphatic heterocycles. The summed E-state index contributed by atoms with van der Waals surface area (Å²) in [4.78, 5) is 25.0. The molecule has 0 aromatic heterocycles. The predicted octanol–water partition coefficient (Wildman–Crippen LogP) is 4.50. The Balaban J connectivity index is 4.84. The fourth-order valence-corrected chi connectivity index (χ4v) is 2.30. The number of esters is 2. The molecule has 130 valence electrons. The third kappa shape index (κ3) is 5.62. The molecule has 4 nitrogen and oxygen atoms in total. The Bertz CT molecular complexity index is 334. The van der Waals surface area contributed by atoms with Crippen molar-refractivity contribution in [3.63, 3.8) is 0 Å². The van der Waals surface area contributed by atoms with Crippen LogP contribution in [0.25, 0.3) is 0 Å². The lowest BCUT2D eigenvalue weighted by molar-refractivity contribution is -0.177. The molecule has 0 aromatic rings. The number of rotatable bonds is 11. The maximum absolute atomic E-state index is 12.6. The summed E-state index contributed by atoms with van der Waals surface area (Å²) in [5.74, 6) is -0.600. The van der Waals surface area contributed by atoms with Gasteiger partial charge >= 0.3 is 11.9 Å². The molecule has 0 fully saturated rings. The van der Waals surface area contributed by atoms with Gasteiger partial charge in [0.2, 0.25) is 0 Å². The van der Waals surface area contributed by atoms with E-state index >= 15 is 0 Å². The zero-order chi connectivity index (χ0) is 17.2. The van der Waals surface area contributed by atoms with Crippen LogP contribution in [-0.4, -0.2) is 24.6 Å². The number of unbranched alkanes of at least 4 members (excludes halogenated alkanes) is 2. The molecule has 0 aliphatic rings. The molecule has 0 aromatic carbocycles. The number of hydrogen-bond acceptors (Lipinski definition) is 4. The molecule has 0 saturated carbocycles. The minimum atomic E-state index is -1.16. The van der Waals surface area contributed by atoms with Crippen molar-refractivity contribution in [1.29, 1.82) is 0 Å².